The Morgan fingerprint density at radius 1 is 0.977 bits per heavy atom. The average molecular weight is 614 g/mol. The highest BCUT2D eigenvalue weighted by atomic mass is 19.4. The fourth-order valence-corrected chi connectivity index (χ4v) is 5.39. The Bertz CT molecular complexity index is 1370. The Labute approximate surface area is 243 Å². The Morgan fingerprint density at radius 2 is 1.67 bits per heavy atom. The molecule has 0 spiro atoms. The Morgan fingerprint density at radius 3 is 2.30 bits per heavy atom. The molecule has 2 aromatic rings. The Balaban J connectivity index is 1.25. The molecule has 0 bridgehead atoms. The first kappa shape index (κ1) is 31.9. The lowest BCUT2D eigenvalue weighted by atomic mass is 9.92. The molecule has 1 heterocycles. The molecule has 1 aliphatic heterocycles. The second-order valence-corrected chi connectivity index (χ2v) is 10.5. The molecule has 0 aromatic heterocycles. The van der Waals surface area contributed by atoms with Crippen LogP contribution in [0.5, 0.6) is 0 Å². The van der Waals surface area contributed by atoms with Gasteiger partial charge in [-0.05, 0) is 62.4 Å². The van der Waals surface area contributed by atoms with Crippen LogP contribution in [0.25, 0.3) is 0 Å². The van der Waals surface area contributed by atoms with E-state index in [1.165, 1.54) is 12.1 Å². The van der Waals surface area contributed by atoms with Gasteiger partial charge in [0.25, 0.3) is 5.69 Å². The number of nitrogens with zero attached hydrogens (tertiary/aromatic N) is 4. The standard InChI is InChI=1S/C28H29F6N5O4/c29-27(30,31)23-15-21(6-2-18(23)16-35)37-10-1-11-38(13-12-37)26(40)17-43-22-7-3-19(4-8-22)36-20-5-9-25(39(41)42)24(14-20)28(32,33)34/h2,5-6,9,14-15,19,22,36H,1,3-4,7-8,10-13,17H2/t19-,22-. The summed E-state index contributed by atoms with van der Waals surface area (Å²) in [4.78, 5) is 26.1. The summed E-state index contributed by atoms with van der Waals surface area (Å²) in [6.07, 6.45) is -7.01. The second kappa shape index (κ2) is 13.1. The molecule has 43 heavy (non-hydrogen) atoms. The van der Waals surface area contributed by atoms with Crippen LogP contribution in [-0.4, -0.2) is 60.7 Å². The number of nitriles is 1. The third kappa shape index (κ3) is 8.07. The van der Waals surface area contributed by atoms with Gasteiger partial charge >= 0.3 is 12.4 Å². The minimum Gasteiger partial charge on any atom is -0.382 e. The van der Waals surface area contributed by atoms with Gasteiger partial charge in [-0.3, -0.25) is 14.9 Å². The van der Waals surface area contributed by atoms with Crippen molar-refractivity contribution in [1.29, 1.82) is 5.26 Å². The van der Waals surface area contributed by atoms with E-state index in [2.05, 4.69) is 5.32 Å². The van der Waals surface area contributed by atoms with Crippen molar-refractivity contribution in [1.82, 2.24) is 4.90 Å². The minimum absolute atomic E-state index is 0.128. The topological polar surface area (TPSA) is 112 Å². The van der Waals surface area contributed by atoms with E-state index in [4.69, 9.17) is 10.00 Å². The zero-order valence-corrected chi connectivity index (χ0v) is 22.9. The summed E-state index contributed by atoms with van der Waals surface area (Å²) in [5.41, 5.74) is -3.33. The van der Waals surface area contributed by atoms with Crippen molar-refractivity contribution in [3.8, 4) is 6.07 Å². The van der Waals surface area contributed by atoms with E-state index in [1.807, 2.05) is 0 Å². The van der Waals surface area contributed by atoms with Gasteiger partial charge in [0.05, 0.1) is 28.2 Å². The predicted octanol–water partition coefficient (Wildman–Crippen LogP) is 5.98. The van der Waals surface area contributed by atoms with Gasteiger partial charge < -0.3 is 19.9 Å². The number of hydrogen-bond acceptors (Lipinski definition) is 7. The van der Waals surface area contributed by atoms with Crippen molar-refractivity contribution in [2.75, 3.05) is 43.0 Å². The number of benzene rings is 2. The molecule has 232 valence electrons. The quantitative estimate of drug-likeness (QED) is 0.232. The van der Waals surface area contributed by atoms with Crippen molar-refractivity contribution in [2.24, 2.45) is 0 Å². The number of hydrogen-bond donors (Lipinski definition) is 1. The zero-order chi connectivity index (χ0) is 31.4. The Kier molecular flexibility index (Phi) is 9.69. The van der Waals surface area contributed by atoms with Crippen LogP contribution >= 0.6 is 0 Å². The maximum absolute atomic E-state index is 13.4. The average Bonchev–Trinajstić information content (AvgIpc) is 3.22. The summed E-state index contributed by atoms with van der Waals surface area (Å²) in [6, 6.07) is 7.78. The van der Waals surface area contributed by atoms with Crippen LogP contribution in [0.15, 0.2) is 36.4 Å². The zero-order valence-electron chi connectivity index (χ0n) is 22.9. The molecule has 1 amide bonds. The van der Waals surface area contributed by atoms with Gasteiger partial charge in [0.15, 0.2) is 0 Å². The number of alkyl halides is 6. The van der Waals surface area contributed by atoms with E-state index in [9.17, 15) is 41.3 Å². The van der Waals surface area contributed by atoms with E-state index in [-0.39, 0.29) is 36.9 Å². The molecule has 2 aliphatic rings. The van der Waals surface area contributed by atoms with Crippen LogP contribution in [0.2, 0.25) is 0 Å². The summed E-state index contributed by atoms with van der Waals surface area (Å²) in [5.74, 6) is -0.247. The lowest BCUT2D eigenvalue weighted by Crippen LogP contribution is -2.39. The van der Waals surface area contributed by atoms with Crippen LogP contribution in [0, 0.1) is 21.4 Å². The number of nitro groups is 1. The van der Waals surface area contributed by atoms with Gasteiger partial charge in [0.2, 0.25) is 5.91 Å². The van der Waals surface area contributed by atoms with Crippen LogP contribution in [0.1, 0.15) is 48.8 Å². The van der Waals surface area contributed by atoms with Crippen molar-refractivity contribution in [3.63, 3.8) is 0 Å². The van der Waals surface area contributed by atoms with Crippen molar-refractivity contribution in [2.45, 2.75) is 56.6 Å². The molecule has 1 saturated heterocycles. The molecule has 2 aromatic carbocycles. The molecule has 9 nitrogen and oxygen atoms in total. The molecule has 0 unspecified atom stereocenters. The largest absolute Gasteiger partial charge is 0.423 e. The minimum atomic E-state index is -4.87. The summed E-state index contributed by atoms with van der Waals surface area (Å²) in [6.45, 7) is 1.27. The fraction of sp³-hybridized carbons (Fsp3) is 0.500. The molecule has 1 saturated carbocycles. The number of nitro benzene ring substituents is 1. The summed E-state index contributed by atoms with van der Waals surface area (Å²) in [5, 5.41) is 23.0. The number of carbonyl (C=O) groups is 1. The van der Waals surface area contributed by atoms with Gasteiger partial charge in [-0.25, -0.2) is 0 Å². The van der Waals surface area contributed by atoms with Crippen molar-refractivity contribution < 1.29 is 40.8 Å². The summed E-state index contributed by atoms with van der Waals surface area (Å²) in [7, 11) is 0. The smallest absolute Gasteiger partial charge is 0.382 e. The van der Waals surface area contributed by atoms with E-state index in [0.717, 1.165) is 24.3 Å². The van der Waals surface area contributed by atoms with Crippen molar-refractivity contribution >= 4 is 23.0 Å². The molecular weight excluding hydrogens is 584 g/mol. The normalized spacial score (nSPS) is 19.8. The molecule has 1 aliphatic carbocycles. The van der Waals surface area contributed by atoms with Gasteiger partial charge in [-0.15, -0.1) is 0 Å². The lowest BCUT2D eigenvalue weighted by Gasteiger charge is -2.30. The monoisotopic (exact) mass is 613 g/mol. The molecule has 4 rings (SSSR count). The number of carbonyl (C=O) groups excluding carboxylic acids is 1. The number of anilines is 2. The van der Waals surface area contributed by atoms with Crippen LogP contribution < -0.4 is 10.2 Å². The van der Waals surface area contributed by atoms with Crippen LogP contribution in [0.3, 0.4) is 0 Å². The third-order valence-corrected chi connectivity index (χ3v) is 7.63. The highest BCUT2D eigenvalue weighted by molar-refractivity contribution is 5.77. The number of ether oxygens (including phenoxy) is 1. The fourth-order valence-electron chi connectivity index (χ4n) is 5.39. The Hall–Kier alpha value is -4.06. The molecule has 0 atom stereocenters. The van der Waals surface area contributed by atoms with E-state index >= 15 is 0 Å². The number of amides is 1. The lowest BCUT2D eigenvalue weighted by molar-refractivity contribution is -0.388. The molecular formula is C28H29F6N5O4. The van der Waals surface area contributed by atoms with Crippen molar-refractivity contribution in [3.05, 3.63) is 63.2 Å². The molecule has 15 heteroatoms. The van der Waals surface area contributed by atoms with E-state index in [0.29, 0.717) is 57.4 Å². The molecule has 2 fully saturated rings. The van der Waals surface area contributed by atoms with E-state index < -0.39 is 39.7 Å². The first-order valence-corrected chi connectivity index (χ1v) is 13.6. The van der Waals surface area contributed by atoms with Gasteiger partial charge in [0, 0.05) is 49.7 Å². The number of halogens is 6. The highest BCUT2D eigenvalue weighted by Crippen LogP contribution is 2.38. The highest BCUT2D eigenvalue weighted by Gasteiger charge is 2.39. The van der Waals surface area contributed by atoms with Gasteiger partial charge in [-0.2, -0.15) is 31.6 Å². The molecule has 0 radical (unpaired) electrons. The molecule has 1 N–H and O–H groups in total. The second-order valence-electron chi connectivity index (χ2n) is 10.5. The summed E-state index contributed by atoms with van der Waals surface area (Å²) >= 11 is 0. The maximum Gasteiger partial charge on any atom is 0.423 e. The van der Waals surface area contributed by atoms with Crippen LogP contribution in [0.4, 0.5) is 43.4 Å². The first-order valence-electron chi connectivity index (χ1n) is 13.6. The SMILES string of the molecule is N#Cc1ccc(N2CCCN(C(=O)CO[C@H]3CC[C@H](Nc4ccc([N+](=O)[O-])c(C(F)(F)F)c4)CC3)CC2)cc1C(F)(F)F. The number of rotatable bonds is 7. The van der Waals surface area contributed by atoms with Crippen LogP contribution in [-0.2, 0) is 21.9 Å². The van der Waals surface area contributed by atoms with Gasteiger partial charge in [-0.1, -0.05) is 0 Å². The first-order chi connectivity index (χ1) is 20.3. The predicted molar refractivity (Wildman–Crippen MR) is 143 cm³/mol. The maximum atomic E-state index is 13.4. The third-order valence-electron chi connectivity index (χ3n) is 7.63. The summed E-state index contributed by atoms with van der Waals surface area (Å²) < 4.78 is 85.8. The number of nitrogens with one attached hydrogen (secondary N) is 1. The van der Waals surface area contributed by atoms with E-state index in [1.54, 1.807) is 15.9 Å². The van der Waals surface area contributed by atoms with Gasteiger partial charge in [0.1, 0.15) is 12.2 Å².